The Kier molecular flexibility index (Phi) is 7.08. The molecule has 3 aromatic rings. The molecule has 1 aliphatic heterocycles. The summed E-state index contributed by atoms with van der Waals surface area (Å²) in [5, 5.41) is 3.23. The highest BCUT2D eigenvalue weighted by Crippen LogP contribution is 2.29. The third-order valence-electron chi connectivity index (χ3n) is 5.60. The fourth-order valence-electron chi connectivity index (χ4n) is 3.82. The second-order valence-electron chi connectivity index (χ2n) is 7.76. The lowest BCUT2D eigenvalue weighted by atomic mass is 10.1. The van der Waals surface area contributed by atoms with E-state index in [4.69, 9.17) is 21.7 Å². The van der Waals surface area contributed by atoms with Gasteiger partial charge in [0.15, 0.2) is 5.11 Å². The van der Waals surface area contributed by atoms with Gasteiger partial charge in [-0.2, -0.15) is 0 Å². The van der Waals surface area contributed by atoms with E-state index in [2.05, 4.69) is 5.32 Å². The van der Waals surface area contributed by atoms with E-state index in [0.29, 0.717) is 28.8 Å². The Labute approximate surface area is 203 Å². The number of ether oxygens (including phenoxy) is 2. The Morgan fingerprint density at radius 2 is 1.50 bits per heavy atom. The first kappa shape index (κ1) is 23.3. The normalized spacial score (nSPS) is 15.4. The largest absolute Gasteiger partial charge is 0.497 e. The van der Waals surface area contributed by atoms with Crippen LogP contribution in [0.4, 0.5) is 11.4 Å². The van der Waals surface area contributed by atoms with Gasteiger partial charge in [-0.15, -0.1) is 0 Å². The fourth-order valence-corrected chi connectivity index (χ4v) is 4.21. The van der Waals surface area contributed by atoms with Gasteiger partial charge in [0, 0.05) is 12.2 Å². The van der Waals surface area contributed by atoms with Crippen molar-refractivity contribution in [1.82, 2.24) is 4.90 Å². The van der Waals surface area contributed by atoms with E-state index >= 15 is 0 Å². The molecule has 0 aliphatic carbocycles. The van der Waals surface area contributed by atoms with Crippen LogP contribution < -0.4 is 19.7 Å². The molecule has 1 saturated heterocycles. The van der Waals surface area contributed by atoms with Gasteiger partial charge < -0.3 is 19.7 Å². The summed E-state index contributed by atoms with van der Waals surface area (Å²) >= 11 is 5.72. The molecule has 34 heavy (non-hydrogen) atoms. The molecule has 1 unspecified atom stereocenters. The van der Waals surface area contributed by atoms with Crippen molar-refractivity contribution >= 4 is 40.5 Å². The quantitative estimate of drug-likeness (QED) is 0.492. The highest BCUT2D eigenvalue weighted by molar-refractivity contribution is 7.80. The van der Waals surface area contributed by atoms with Crippen molar-refractivity contribution in [2.75, 3.05) is 24.4 Å². The maximum absolute atomic E-state index is 13.5. The smallest absolute Gasteiger partial charge is 0.256 e. The van der Waals surface area contributed by atoms with Crippen molar-refractivity contribution in [3.63, 3.8) is 0 Å². The van der Waals surface area contributed by atoms with Crippen molar-refractivity contribution in [2.45, 2.75) is 19.0 Å². The third-order valence-corrected chi connectivity index (χ3v) is 6.01. The maximum Gasteiger partial charge on any atom is 0.256 e. The highest BCUT2D eigenvalue weighted by atomic mass is 32.1. The number of nitrogens with zero attached hydrogens (tertiary/aromatic N) is 2. The van der Waals surface area contributed by atoms with Gasteiger partial charge in [0.05, 0.1) is 26.3 Å². The van der Waals surface area contributed by atoms with Crippen LogP contribution in [0.2, 0.25) is 0 Å². The Hall–Kier alpha value is -3.91. The topological polar surface area (TPSA) is 71.1 Å². The van der Waals surface area contributed by atoms with Crippen LogP contribution in [-0.4, -0.2) is 42.1 Å². The Morgan fingerprint density at radius 1 is 0.912 bits per heavy atom. The van der Waals surface area contributed by atoms with Crippen LogP contribution in [0.25, 0.3) is 0 Å². The van der Waals surface area contributed by atoms with Crippen molar-refractivity contribution in [3.05, 3.63) is 84.4 Å². The number of rotatable bonds is 8. The summed E-state index contributed by atoms with van der Waals surface area (Å²) in [6.45, 7) is 0.387. The summed E-state index contributed by atoms with van der Waals surface area (Å²) in [6, 6.07) is 23.1. The predicted molar refractivity (Wildman–Crippen MR) is 135 cm³/mol. The van der Waals surface area contributed by atoms with Crippen LogP contribution in [0.15, 0.2) is 78.9 Å². The third kappa shape index (κ3) is 5.02. The van der Waals surface area contributed by atoms with E-state index in [9.17, 15) is 9.59 Å². The van der Waals surface area contributed by atoms with Crippen LogP contribution >= 0.6 is 12.2 Å². The van der Waals surface area contributed by atoms with Gasteiger partial charge in [0.1, 0.15) is 17.5 Å². The van der Waals surface area contributed by atoms with Gasteiger partial charge in [-0.1, -0.05) is 30.3 Å². The first-order chi connectivity index (χ1) is 16.5. The minimum atomic E-state index is -0.729. The molecule has 2 amide bonds. The number of anilines is 2. The summed E-state index contributed by atoms with van der Waals surface area (Å²) in [4.78, 5) is 29.7. The van der Waals surface area contributed by atoms with Crippen molar-refractivity contribution in [1.29, 1.82) is 0 Å². The lowest BCUT2D eigenvalue weighted by molar-refractivity contribution is -0.124. The van der Waals surface area contributed by atoms with E-state index in [1.54, 1.807) is 43.4 Å². The van der Waals surface area contributed by atoms with Crippen LogP contribution in [0, 0.1) is 0 Å². The molecule has 1 aliphatic rings. The van der Waals surface area contributed by atoms with Crippen molar-refractivity contribution < 1.29 is 19.1 Å². The number of carbonyl (C=O) groups is 2. The molecular weight excluding hydrogens is 450 g/mol. The zero-order valence-corrected chi connectivity index (χ0v) is 19.7. The van der Waals surface area contributed by atoms with Crippen molar-refractivity contribution in [2.24, 2.45) is 0 Å². The number of hydrogen-bond donors (Lipinski definition) is 1. The SMILES string of the molecule is COc1ccc(CN2C(=S)N(c3ccccc3)C(=O)C2CC(=O)Nc2ccc(OC)cc2)cc1. The summed E-state index contributed by atoms with van der Waals surface area (Å²) in [5.41, 5.74) is 2.25. The second-order valence-corrected chi connectivity index (χ2v) is 8.13. The van der Waals surface area contributed by atoms with Crippen LogP contribution in [-0.2, 0) is 16.1 Å². The van der Waals surface area contributed by atoms with Gasteiger partial charge in [-0.25, -0.2) is 0 Å². The van der Waals surface area contributed by atoms with E-state index in [0.717, 1.165) is 11.3 Å². The van der Waals surface area contributed by atoms with Gasteiger partial charge >= 0.3 is 0 Å². The standard InChI is InChI=1S/C26H25N3O4S/c1-32-21-12-8-18(9-13-21)17-28-23(16-24(30)27-19-10-14-22(33-2)15-11-19)25(31)29(26(28)34)20-6-4-3-5-7-20/h3-15,23H,16-17H2,1-2H3,(H,27,30). The van der Waals surface area contributed by atoms with E-state index < -0.39 is 6.04 Å². The van der Waals surface area contributed by atoms with Gasteiger partial charge in [0.25, 0.3) is 5.91 Å². The average molecular weight is 476 g/mol. The molecule has 1 atom stereocenters. The number of methoxy groups -OCH3 is 2. The zero-order valence-electron chi connectivity index (χ0n) is 18.9. The molecule has 1 heterocycles. The molecule has 7 nitrogen and oxygen atoms in total. The molecule has 4 rings (SSSR count). The van der Waals surface area contributed by atoms with Gasteiger partial charge in [-0.05, 0) is 66.3 Å². The maximum atomic E-state index is 13.5. The summed E-state index contributed by atoms with van der Waals surface area (Å²) in [5.74, 6) is 0.930. The molecule has 8 heteroatoms. The molecule has 174 valence electrons. The molecule has 1 fully saturated rings. The first-order valence-corrected chi connectivity index (χ1v) is 11.2. The average Bonchev–Trinajstić information content (AvgIpc) is 3.09. The Bertz CT molecular complexity index is 1170. The van der Waals surface area contributed by atoms with Crippen LogP contribution in [0.3, 0.4) is 0 Å². The first-order valence-electron chi connectivity index (χ1n) is 10.8. The number of amides is 2. The highest BCUT2D eigenvalue weighted by Gasteiger charge is 2.44. The van der Waals surface area contributed by atoms with E-state index in [1.165, 1.54) is 4.90 Å². The lowest BCUT2D eigenvalue weighted by Gasteiger charge is -2.24. The number of benzene rings is 3. The molecular formula is C26H25N3O4S. The molecule has 0 saturated carbocycles. The van der Waals surface area contributed by atoms with Crippen molar-refractivity contribution in [3.8, 4) is 11.5 Å². The van der Waals surface area contributed by atoms with Crippen LogP contribution in [0.5, 0.6) is 11.5 Å². The summed E-state index contributed by atoms with van der Waals surface area (Å²) < 4.78 is 10.4. The summed E-state index contributed by atoms with van der Waals surface area (Å²) in [6.07, 6.45) is -0.0372. The number of nitrogens with one attached hydrogen (secondary N) is 1. The zero-order chi connectivity index (χ0) is 24.1. The molecule has 0 radical (unpaired) electrons. The molecule has 0 spiro atoms. The van der Waals surface area contributed by atoms with E-state index in [1.807, 2.05) is 54.6 Å². The molecule has 1 N–H and O–H groups in total. The lowest BCUT2D eigenvalue weighted by Crippen LogP contribution is -2.37. The minimum Gasteiger partial charge on any atom is -0.497 e. The monoisotopic (exact) mass is 475 g/mol. The Balaban J connectivity index is 1.56. The second kappa shape index (κ2) is 10.4. The van der Waals surface area contributed by atoms with E-state index in [-0.39, 0.29) is 18.2 Å². The number of thiocarbonyl (C=S) groups is 1. The van der Waals surface area contributed by atoms with Gasteiger partial charge in [0.2, 0.25) is 5.91 Å². The van der Waals surface area contributed by atoms with Gasteiger partial charge in [-0.3, -0.25) is 14.5 Å². The fraction of sp³-hybridized carbons (Fsp3) is 0.192. The minimum absolute atomic E-state index is 0.0372. The summed E-state index contributed by atoms with van der Waals surface area (Å²) in [7, 11) is 3.19. The molecule has 3 aromatic carbocycles. The number of para-hydroxylation sites is 1. The molecule has 0 aromatic heterocycles. The Morgan fingerprint density at radius 3 is 2.09 bits per heavy atom. The number of hydrogen-bond acceptors (Lipinski definition) is 5. The molecule has 0 bridgehead atoms. The number of carbonyl (C=O) groups excluding carboxylic acids is 2. The van der Waals surface area contributed by atoms with Crippen LogP contribution in [0.1, 0.15) is 12.0 Å². The predicted octanol–water partition coefficient (Wildman–Crippen LogP) is 4.23.